The van der Waals surface area contributed by atoms with E-state index in [2.05, 4.69) is 163 Å². The third-order valence-electron chi connectivity index (χ3n) is 11.5. The number of oxazole rings is 2. The first-order valence-electron chi connectivity index (χ1n) is 19.9. The summed E-state index contributed by atoms with van der Waals surface area (Å²) in [5.41, 5.74) is 16.1. The molecule has 8 aromatic carbocycles. The van der Waals surface area contributed by atoms with Gasteiger partial charge in [-0.3, -0.25) is 0 Å². The summed E-state index contributed by atoms with van der Waals surface area (Å²) in [5, 5.41) is 0. The van der Waals surface area contributed by atoms with Crippen molar-refractivity contribution < 1.29 is 8.83 Å². The number of rotatable bonds is 7. The first-order chi connectivity index (χ1) is 29.0. The van der Waals surface area contributed by atoms with Crippen molar-refractivity contribution in [2.24, 2.45) is 0 Å². The first-order valence-corrected chi connectivity index (χ1v) is 19.9. The zero-order chi connectivity index (χ0) is 39.5. The third kappa shape index (κ3) is 5.96. The van der Waals surface area contributed by atoms with Crippen LogP contribution in [-0.4, -0.2) is 9.97 Å². The van der Waals surface area contributed by atoms with Crippen molar-refractivity contribution in [2.45, 2.75) is 19.3 Å². The molecule has 3 heterocycles. The van der Waals surface area contributed by atoms with E-state index in [4.69, 9.17) is 18.8 Å². The lowest BCUT2D eigenvalue weighted by molar-refractivity contribution is 0.615. The maximum Gasteiger partial charge on any atom is 0.227 e. The Morgan fingerprint density at radius 1 is 0.424 bits per heavy atom. The molecular weight excluding hydrogens is 725 g/mol. The van der Waals surface area contributed by atoms with Crippen LogP contribution in [0.2, 0.25) is 0 Å². The minimum absolute atomic E-state index is 0.267. The van der Waals surface area contributed by atoms with Gasteiger partial charge in [-0.1, -0.05) is 98.8 Å². The molecule has 59 heavy (non-hydrogen) atoms. The molecule has 0 bridgehead atoms. The Balaban J connectivity index is 0.990. The van der Waals surface area contributed by atoms with Gasteiger partial charge in [0.05, 0.1) is 11.4 Å². The van der Waals surface area contributed by atoms with Crippen LogP contribution < -0.4 is 9.80 Å². The lowest BCUT2D eigenvalue weighted by Gasteiger charge is -2.42. The molecule has 11 rings (SSSR count). The van der Waals surface area contributed by atoms with Gasteiger partial charge in [-0.15, -0.1) is 0 Å². The molecule has 1 aliphatic heterocycles. The van der Waals surface area contributed by atoms with Crippen molar-refractivity contribution in [1.29, 1.82) is 0 Å². The van der Waals surface area contributed by atoms with Gasteiger partial charge in [0.1, 0.15) is 11.0 Å². The lowest BCUT2D eigenvalue weighted by Crippen LogP contribution is -2.30. The quantitative estimate of drug-likeness (QED) is 0.161. The summed E-state index contributed by atoms with van der Waals surface area (Å²) >= 11 is 0. The number of nitrogens with zero attached hydrogens (tertiary/aromatic N) is 4. The molecule has 0 unspecified atom stereocenters. The van der Waals surface area contributed by atoms with Crippen LogP contribution in [0.15, 0.2) is 203 Å². The highest BCUT2D eigenvalue weighted by Gasteiger charge is 2.37. The maximum atomic E-state index is 6.24. The maximum absolute atomic E-state index is 6.24. The number of para-hydroxylation sites is 5. The van der Waals surface area contributed by atoms with E-state index in [1.165, 1.54) is 22.3 Å². The van der Waals surface area contributed by atoms with Gasteiger partial charge in [0, 0.05) is 39.3 Å². The molecule has 0 atom stereocenters. The summed E-state index contributed by atoms with van der Waals surface area (Å²) in [7, 11) is 0. The molecular formula is C53H38N4O2. The van der Waals surface area contributed by atoms with E-state index in [9.17, 15) is 0 Å². The zero-order valence-corrected chi connectivity index (χ0v) is 32.6. The minimum atomic E-state index is -0.267. The Morgan fingerprint density at radius 3 is 1.53 bits per heavy atom. The second kappa shape index (κ2) is 13.7. The van der Waals surface area contributed by atoms with E-state index in [1.807, 2.05) is 54.6 Å². The van der Waals surface area contributed by atoms with Gasteiger partial charge in [-0.2, -0.15) is 0 Å². The molecule has 6 heteroatoms. The molecule has 0 fully saturated rings. The third-order valence-corrected chi connectivity index (χ3v) is 11.5. The molecule has 1 aliphatic rings. The van der Waals surface area contributed by atoms with E-state index >= 15 is 0 Å². The highest BCUT2D eigenvalue weighted by Crippen LogP contribution is 2.53. The summed E-state index contributed by atoms with van der Waals surface area (Å²) in [6, 6.07) is 67.7. The Morgan fingerprint density at radius 2 is 0.898 bits per heavy atom. The topological polar surface area (TPSA) is 58.5 Å². The van der Waals surface area contributed by atoms with E-state index in [1.54, 1.807) is 0 Å². The van der Waals surface area contributed by atoms with Gasteiger partial charge in [0.25, 0.3) is 0 Å². The molecule has 0 spiro atoms. The number of hydrogen-bond donors (Lipinski definition) is 0. The average molecular weight is 763 g/mol. The van der Waals surface area contributed by atoms with E-state index in [-0.39, 0.29) is 5.41 Å². The van der Waals surface area contributed by atoms with Crippen LogP contribution in [0.25, 0.3) is 56.2 Å². The highest BCUT2D eigenvalue weighted by molar-refractivity contribution is 5.89. The second-order valence-electron chi connectivity index (χ2n) is 15.5. The van der Waals surface area contributed by atoms with Crippen LogP contribution in [0.4, 0.5) is 34.1 Å². The van der Waals surface area contributed by atoms with Crippen molar-refractivity contribution in [3.05, 3.63) is 205 Å². The summed E-state index contributed by atoms with van der Waals surface area (Å²) < 4.78 is 12.4. The Hall–Kier alpha value is -7.70. The molecule has 0 saturated heterocycles. The van der Waals surface area contributed by atoms with Crippen LogP contribution in [0.1, 0.15) is 25.0 Å². The van der Waals surface area contributed by atoms with Gasteiger partial charge in [0.15, 0.2) is 11.2 Å². The van der Waals surface area contributed by atoms with Crippen molar-refractivity contribution in [2.75, 3.05) is 9.80 Å². The Bertz CT molecular complexity index is 3060. The highest BCUT2D eigenvalue weighted by atomic mass is 16.4. The molecule has 0 aliphatic carbocycles. The largest absolute Gasteiger partial charge is 0.436 e. The lowest BCUT2D eigenvalue weighted by atomic mass is 9.73. The van der Waals surface area contributed by atoms with Gasteiger partial charge in [-0.05, 0) is 131 Å². The normalized spacial score (nSPS) is 13.0. The van der Waals surface area contributed by atoms with Gasteiger partial charge in [0.2, 0.25) is 11.8 Å². The predicted octanol–water partition coefficient (Wildman–Crippen LogP) is 14.5. The fourth-order valence-electron chi connectivity index (χ4n) is 8.49. The standard InChI is InChI=1S/C53H38N4O2/c1-53(2)43-14-6-9-17-47(43)57(48-33-24-38(34-44(48)53)52-55-46-16-8-11-19-50(46)59-52)42-31-29-41(30-32-42)56(39-25-20-36(21-26-39)35-12-4-3-5-13-35)40-27-22-37(23-28-40)51-54-45-15-7-10-18-49(45)58-51/h3-34H,1-2H3. The zero-order valence-electron chi connectivity index (χ0n) is 32.6. The van der Waals surface area contributed by atoms with E-state index in [0.717, 1.165) is 67.5 Å². The van der Waals surface area contributed by atoms with Crippen LogP contribution in [0.3, 0.4) is 0 Å². The summed E-state index contributed by atoms with van der Waals surface area (Å²) in [5.74, 6) is 1.23. The number of hydrogen-bond acceptors (Lipinski definition) is 6. The predicted molar refractivity (Wildman–Crippen MR) is 239 cm³/mol. The van der Waals surface area contributed by atoms with E-state index < -0.39 is 0 Å². The molecule has 2 aromatic heterocycles. The Labute approximate surface area is 342 Å². The summed E-state index contributed by atoms with van der Waals surface area (Å²) in [6.45, 7) is 4.61. The SMILES string of the molecule is CC1(C)c2ccccc2N(c2ccc(N(c3ccc(-c4ccccc4)cc3)c3ccc(-c4nc5ccccc5o4)cc3)cc2)c2ccc(-c3nc4ccccc4o3)cc21. The van der Waals surface area contributed by atoms with Gasteiger partial charge in [-0.25, -0.2) is 9.97 Å². The number of aromatic nitrogens is 2. The van der Waals surface area contributed by atoms with Crippen molar-refractivity contribution in [3.63, 3.8) is 0 Å². The molecule has 10 aromatic rings. The molecule has 282 valence electrons. The fraction of sp³-hybridized carbons (Fsp3) is 0.0566. The van der Waals surface area contributed by atoms with Crippen LogP contribution >= 0.6 is 0 Å². The molecule has 0 amide bonds. The van der Waals surface area contributed by atoms with Crippen molar-refractivity contribution >= 4 is 56.3 Å². The van der Waals surface area contributed by atoms with Gasteiger partial charge < -0.3 is 18.6 Å². The van der Waals surface area contributed by atoms with E-state index in [0.29, 0.717) is 11.8 Å². The summed E-state index contributed by atoms with van der Waals surface area (Å²) in [4.78, 5) is 14.3. The number of fused-ring (bicyclic) bond motifs is 4. The number of benzene rings is 8. The number of anilines is 6. The van der Waals surface area contributed by atoms with Crippen LogP contribution in [0, 0.1) is 0 Å². The van der Waals surface area contributed by atoms with Gasteiger partial charge >= 0.3 is 0 Å². The van der Waals surface area contributed by atoms with Crippen LogP contribution in [0.5, 0.6) is 0 Å². The monoisotopic (exact) mass is 762 g/mol. The minimum Gasteiger partial charge on any atom is -0.436 e. The second-order valence-corrected chi connectivity index (χ2v) is 15.5. The molecule has 0 saturated carbocycles. The van der Waals surface area contributed by atoms with Crippen molar-refractivity contribution in [1.82, 2.24) is 9.97 Å². The fourth-order valence-corrected chi connectivity index (χ4v) is 8.49. The van der Waals surface area contributed by atoms with Crippen LogP contribution in [-0.2, 0) is 5.41 Å². The summed E-state index contributed by atoms with van der Waals surface area (Å²) in [6.07, 6.45) is 0. The van der Waals surface area contributed by atoms with Crippen molar-refractivity contribution in [3.8, 4) is 34.0 Å². The smallest absolute Gasteiger partial charge is 0.227 e. The first kappa shape index (κ1) is 34.5. The molecule has 6 nitrogen and oxygen atoms in total. The molecule has 0 N–H and O–H groups in total. The Kier molecular flexibility index (Phi) is 8.05. The molecule has 0 radical (unpaired) electrons. The average Bonchev–Trinajstić information content (AvgIpc) is 3.93.